The zero-order valence-corrected chi connectivity index (χ0v) is 15.4. The van der Waals surface area contributed by atoms with E-state index >= 15 is 0 Å². The smallest absolute Gasteiger partial charge is 0.283 e. The molecule has 0 aromatic heterocycles. The van der Waals surface area contributed by atoms with E-state index in [-0.39, 0.29) is 10.5 Å². The number of hydrogen-bond acceptors (Lipinski definition) is 3. The molecule has 1 amide bonds. The zero-order chi connectivity index (χ0) is 15.2. The molecule has 21 heavy (non-hydrogen) atoms. The summed E-state index contributed by atoms with van der Waals surface area (Å²) in [4.78, 5) is 11.9. The van der Waals surface area contributed by atoms with E-state index in [0.29, 0.717) is 5.69 Å². The Morgan fingerprint density at radius 2 is 1.76 bits per heavy atom. The van der Waals surface area contributed by atoms with Gasteiger partial charge in [-0.25, -0.2) is 0 Å². The van der Waals surface area contributed by atoms with Crippen molar-refractivity contribution in [3.05, 3.63) is 57.5 Å². The van der Waals surface area contributed by atoms with Crippen LogP contribution in [0.5, 0.6) is 0 Å². The predicted octanol–water partition coefficient (Wildman–Crippen LogP) is 4.97. The number of anilines is 2. The van der Waals surface area contributed by atoms with Gasteiger partial charge in [0.2, 0.25) is 0 Å². The predicted molar refractivity (Wildman–Crippen MR) is 96.9 cm³/mol. The Bertz CT molecular complexity index is 674. The van der Waals surface area contributed by atoms with E-state index in [1.807, 2.05) is 36.4 Å². The van der Waals surface area contributed by atoms with Crippen molar-refractivity contribution in [2.75, 3.05) is 10.7 Å². The van der Waals surface area contributed by atoms with Crippen molar-refractivity contribution in [2.24, 2.45) is 5.10 Å². The van der Waals surface area contributed by atoms with Crippen LogP contribution in [0, 0.1) is 0 Å². The Labute approximate surface area is 147 Å². The number of benzene rings is 2. The van der Waals surface area contributed by atoms with Crippen LogP contribution in [0.4, 0.5) is 11.4 Å². The van der Waals surface area contributed by atoms with Crippen molar-refractivity contribution >= 4 is 69.7 Å². The van der Waals surface area contributed by atoms with E-state index in [1.165, 1.54) is 0 Å². The minimum Gasteiger partial charge on any atom is -0.320 e. The van der Waals surface area contributed by atoms with Gasteiger partial charge in [0.05, 0.1) is 5.69 Å². The quantitative estimate of drug-likeness (QED) is 0.484. The second-order valence-corrected chi connectivity index (χ2v) is 6.48. The first-order valence-electron chi connectivity index (χ1n) is 5.87. The van der Waals surface area contributed by atoms with Crippen molar-refractivity contribution < 1.29 is 4.79 Å². The Balaban J connectivity index is 2.02. The van der Waals surface area contributed by atoms with Gasteiger partial charge in [0, 0.05) is 14.6 Å². The van der Waals surface area contributed by atoms with E-state index in [0.717, 1.165) is 14.6 Å². The van der Waals surface area contributed by atoms with E-state index in [1.54, 1.807) is 12.1 Å². The summed E-state index contributed by atoms with van der Waals surface area (Å²) in [5.41, 5.74) is 4.28. The Morgan fingerprint density at radius 1 is 1.05 bits per heavy atom. The number of rotatable bonds is 4. The molecule has 0 aliphatic rings. The standard InChI is InChI=1S/C14H10Br3N3O/c15-9-6-7-12(11(16)8-9)19-20-13(17)14(21)18-10-4-2-1-3-5-10/h1-8,19H,(H,18,21)/b20-13+. The molecule has 0 fully saturated rings. The van der Waals surface area contributed by atoms with Crippen molar-refractivity contribution in [1.29, 1.82) is 0 Å². The summed E-state index contributed by atoms with van der Waals surface area (Å²) < 4.78 is 1.94. The zero-order valence-electron chi connectivity index (χ0n) is 10.6. The fraction of sp³-hybridized carbons (Fsp3) is 0. The number of para-hydroxylation sites is 1. The van der Waals surface area contributed by atoms with Crippen molar-refractivity contribution in [1.82, 2.24) is 0 Å². The molecule has 2 aromatic carbocycles. The van der Waals surface area contributed by atoms with Gasteiger partial charge < -0.3 is 5.32 Å². The highest BCUT2D eigenvalue weighted by Crippen LogP contribution is 2.26. The summed E-state index contributed by atoms with van der Waals surface area (Å²) in [6.45, 7) is 0. The van der Waals surface area contributed by atoms with Crippen molar-refractivity contribution in [3.63, 3.8) is 0 Å². The second-order valence-electron chi connectivity index (χ2n) is 3.96. The molecule has 0 aliphatic carbocycles. The third-order valence-corrected chi connectivity index (χ3v) is 4.11. The van der Waals surface area contributed by atoms with Crippen LogP contribution in [0.3, 0.4) is 0 Å². The van der Waals surface area contributed by atoms with Crippen molar-refractivity contribution in [3.8, 4) is 0 Å². The highest BCUT2D eigenvalue weighted by atomic mass is 79.9. The number of carbonyl (C=O) groups excluding carboxylic acids is 1. The lowest BCUT2D eigenvalue weighted by molar-refractivity contribution is -0.110. The first-order chi connectivity index (χ1) is 10.1. The van der Waals surface area contributed by atoms with Crippen LogP contribution in [-0.2, 0) is 4.79 Å². The first-order valence-corrected chi connectivity index (χ1v) is 8.25. The maximum Gasteiger partial charge on any atom is 0.283 e. The third kappa shape index (κ3) is 4.94. The van der Waals surface area contributed by atoms with Gasteiger partial charge in [-0.05, 0) is 62.2 Å². The molecule has 4 nitrogen and oxygen atoms in total. The molecule has 2 N–H and O–H groups in total. The second kappa shape index (κ2) is 7.72. The van der Waals surface area contributed by atoms with Crippen molar-refractivity contribution in [2.45, 2.75) is 0 Å². The Kier molecular flexibility index (Phi) is 5.96. The van der Waals surface area contributed by atoms with E-state index in [9.17, 15) is 4.79 Å². The molecule has 0 aliphatic heterocycles. The number of nitrogens with zero attached hydrogens (tertiary/aromatic N) is 1. The minimum atomic E-state index is -0.332. The van der Waals surface area contributed by atoms with Gasteiger partial charge in [0.1, 0.15) is 0 Å². The highest BCUT2D eigenvalue weighted by molar-refractivity contribution is 9.19. The summed E-state index contributed by atoms with van der Waals surface area (Å²) in [6, 6.07) is 14.8. The molecule has 0 saturated carbocycles. The van der Waals surface area contributed by atoms with Crippen LogP contribution >= 0.6 is 47.8 Å². The summed E-state index contributed by atoms with van der Waals surface area (Å²) in [7, 11) is 0. The number of amides is 1. The summed E-state index contributed by atoms with van der Waals surface area (Å²) in [5, 5.41) is 6.73. The van der Waals surface area contributed by atoms with Gasteiger partial charge in [-0.15, -0.1) is 0 Å². The molecule has 7 heteroatoms. The number of nitrogens with one attached hydrogen (secondary N) is 2. The average Bonchev–Trinajstić information content (AvgIpc) is 2.47. The topological polar surface area (TPSA) is 53.5 Å². The Hall–Kier alpha value is -1.18. The maximum absolute atomic E-state index is 11.9. The molecule has 0 spiro atoms. The minimum absolute atomic E-state index is 0.154. The lowest BCUT2D eigenvalue weighted by atomic mass is 10.3. The van der Waals surface area contributed by atoms with E-state index in [4.69, 9.17) is 0 Å². The van der Waals surface area contributed by atoms with Crippen LogP contribution in [0.2, 0.25) is 0 Å². The van der Waals surface area contributed by atoms with Gasteiger partial charge >= 0.3 is 0 Å². The van der Waals surface area contributed by atoms with Crippen LogP contribution < -0.4 is 10.7 Å². The van der Waals surface area contributed by atoms with Crippen LogP contribution in [-0.4, -0.2) is 10.5 Å². The van der Waals surface area contributed by atoms with Crippen LogP contribution in [0.1, 0.15) is 0 Å². The van der Waals surface area contributed by atoms with Crippen LogP contribution in [0.15, 0.2) is 62.6 Å². The summed E-state index contributed by atoms with van der Waals surface area (Å²) in [6.07, 6.45) is 0. The maximum atomic E-state index is 11.9. The molecule has 0 saturated heterocycles. The molecule has 0 unspecified atom stereocenters. The molecule has 108 valence electrons. The molecule has 0 heterocycles. The van der Waals surface area contributed by atoms with Gasteiger partial charge in [0.15, 0.2) is 4.62 Å². The summed E-state index contributed by atoms with van der Waals surface area (Å²) >= 11 is 9.93. The number of hydrogen-bond donors (Lipinski definition) is 2. The molecule has 2 aromatic rings. The molecule has 0 radical (unpaired) electrons. The number of carbonyl (C=O) groups is 1. The van der Waals surface area contributed by atoms with Gasteiger partial charge in [-0.3, -0.25) is 10.2 Å². The van der Waals surface area contributed by atoms with Gasteiger partial charge in [0.25, 0.3) is 5.91 Å². The van der Waals surface area contributed by atoms with E-state index in [2.05, 4.69) is 63.6 Å². The molecule has 2 rings (SSSR count). The fourth-order valence-electron chi connectivity index (χ4n) is 1.44. The molecule has 0 bridgehead atoms. The fourth-order valence-corrected chi connectivity index (χ4v) is 2.77. The monoisotopic (exact) mass is 473 g/mol. The SMILES string of the molecule is O=C(Nc1ccccc1)/C(Br)=N\Nc1ccc(Br)cc1Br. The largest absolute Gasteiger partial charge is 0.320 e. The van der Waals surface area contributed by atoms with Crippen LogP contribution in [0.25, 0.3) is 0 Å². The van der Waals surface area contributed by atoms with Gasteiger partial charge in [-0.2, -0.15) is 5.10 Å². The summed E-state index contributed by atoms with van der Waals surface area (Å²) in [5.74, 6) is -0.332. The Morgan fingerprint density at radius 3 is 2.43 bits per heavy atom. The molecular formula is C14H10Br3N3O. The first kappa shape index (κ1) is 16.2. The van der Waals surface area contributed by atoms with Gasteiger partial charge in [-0.1, -0.05) is 34.1 Å². The average molecular weight is 476 g/mol. The normalized spacial score (nSPS) is 11.1. The number of hydrazone groups is 1. The molecular weight excluding hydrogens is 466 g/mol. The highest BCUT2D eigenvalue weighted by Gasteiger charge is 2.08. The molecule has 0 atom stereocenters. The van der Waals surface area contributed by atoms with E-state index < -0.39 is 0 Å². The lowest BCUT2D eigenvalue weighted by Gasteiger charge is -2.06. The number of halogens is 3. The third-order valence-electron chi connectivity index (χ3n) is 2.42. The lowest BCUT2D eigenvalue weighted by Crippen LogP contribution is -2.19.